The number of aromatic nitrogens is 2. The molecular formula is C18H28BrN3O3. The average molecular weight is 414 g/mol. The molecule has 2 rings (SSSR count). The summed E-state index contributed by atoms with van der Waals surface area (Å²) in [6.07, 6.45) is 5.19. The lowest BCUT2D eigenvalue weighted by atomic mass is 9.70. The molecule has 1 fully saturated rings. The number of rotatable bonds is 6. The van der Waals surface area contributed by atoms with Crippen molar-refractivity contribution in [2.45, 2.75) is 66.0 Å². The lowest BCUT2D eigenvalue weighted by Gasteiger charge is -2.40. The van der Waals surface area contributed by atoms with Gasteiger partial charge in [0.05, 0.1) is 31.5 Å². The van der Waals surface area contributed by atoms with E-state index in [1.54, 1.807) is 13.1 Å². The van der Waals surface area contributed by atoms with Gasteiger partial charge < -0.3 is 10.1 Å². The fourth-order valence-corrected chi connectivity index (χ4v) is 3.94. The van der Waals surface area contributed by atoms with Gasteiger partial charge in [0, 0.05) is 6.04 Å². The summed E-state index contributed by atoms with van der Waals surface area (Å²) in [4.78, 5) is 23.9. The van der Waals surface area contributed by atoms with Gasteiger partial charge in [-0.05, 0) is 53.4 Å². The Balaban J connectivity index is 2.05. The molecule has 7 heteroatoms. The van der Waals surface area contributed by atoms with Gasteiger partial charge in [0.15, 0.2) is 0 Å². The minimum absolute atomic E-state index is 0.134. The Hall–Kier alpha value is -1.37. The van der Waals surface area contributed by atoms with Crippen molar-refractivity contribution in [3.8, 4) is 0 Å². The molecule has 0 amide bonds. The second kappa shape index (κ2) is 8.34. The Morgan fingerprint density at radius 3 is 2.88 bits per heavy atom. The standard InChI is InChI=1S/C18H28BrN3O3/c1-5-25-15(23)7-9-22-17(24)16(19)14(11-20-22)21-13-6-8-18(3,4)10-12(13)2/h11-13,21H,5-10H2,1-4H3/t12-,13-/m1/s1. The van der Waals surface area contributed by atoms with Crippen molar-refractivity contribution >= 4 is 27.6 Å². The molecule has 1 heterocycles. The monoisotopic (exact) mass is 413 g/mol. The minimum atomic E-state index is -0.326. The summed E-state index contributed by atoms with van der Waals surface area (Å²) in [6, 6.07) is 0.334. The van der Waals surface area contributed by atoms with Crippen LogP contribution in [0.4, 0.5) is 5.69 Å². The van der Waals surface area contributed by atoms with Crippen LogP contribution in [0.5, 0.6) is 0 Å². The van der Waals surface area contributed by atoms with E-state index in [2.05, 4.69) is 47.1 Å². The first-order valence-electron chi connectivity index (χ1n) is 8.91. The maximum absolute atomic E-state index is 12.4. The fourth-order valence-electron chi connectivity index (χ4n) is 3.52. The molecule has 0 radical (unpaired) electrons. The second-order valence-electron chi connectivity index (χ2n) is 7.59. The lowest BCUT2D eigenvalue weighted by Crippen LogP contribution is -2.37. The van der Waals surface area contributed by atoms with Crippen molar-refractivity contribution < 1.29 is 9.53 Å². The molecule has 140 valence electrons. The van der Waals surface area contributed by atoms with Crippen LogP contribution >= 0.6 is 15.9 Å². The number of aryl methyl sites for hydroxylation is 1. The number of carbonyl (C=O) groups is 1. The number of halogens is 1. The molecule has 0 saturated heterocycles. The fraction of sp³-hybridized carbons (Fsp3) is 0.722. The number of nitrogens with zero attached hydrogens (tertiary/aromatic N) is 2. The van der Waals surface area contributed by atoms with Crippen molar-refractivity contribution in [2.24, 2.45) is 11.3 Å². The molecule has 1 aromatic heterocycles. The van der Waals surface area contributed by atoms with Crippen molar-refractivity contribution in [3.63, 3.8) is 0 Å². The second-order valence-corrected chi connectivity index (χ2v) is 8.38. The van der Waals surface area contributed by atoms with Crippen LogP contribution in [0.15, 0.2) is 15.5 Å². The third-order valence-corrected chi connectivity index (χ3v) is 5.62. The Bertz CT molecular complexity index is 672. The zero-order chi connectivity index (χ0) is 18.6. The smallest absolute Gasteiger partial charge is 0.307 e. The SMILES string of the molecule is CCOC(=O)CCn1ncc(N[C@@H]2CCC(C)(C)C[C@H]2C)c(Br)c1=O. The van der Waals surface area contributed by atoms with Crippen LogP contribution in [0.1, 0.15) is 53.4 Å². The Labute approximate surface area is 157 Å². The number of nitrogens with one attached hydrogen (secondary N) is 1. The quantitative estimate of drug-likeness (QED) is 0.721. The molecule has 1 aliphatic carbocycles. The molecule has 2 atom stereocenters. The molecule has 1 aliphatic rings. The molecule has 0 unspecified atom stereocenters. The molecule has 25 heavy (non-hydrogen) atoms. The third-order valence-electron chi connectivity index (χ3n) is 4.85. The normalized spacial score (nSPS) is 22.4. The van der Waals surface area contributed by atoms with Crippen LogP contribution in [-0.2, 0) is 16.1 Å². The molecule has 6 nitrogen and oxygen atoms in total. The number of esters is 1. The zero-order valence-corrected chi connectivity index (χ0v) is 17.1. The van der Waals surface area contributed by atoms with E-state index in [1.807, 2.05) is 0 Å². The number of anilines is 1. The third kappa shape index (κ3) is 5.30. The summed E-state index contributed by atoms with van der Waals surface area (Å²) in [6.45, 7) is 9.17. The maximum atomic E-state index is 12.4. The molecule has 1 N–H and O–H groups in total. The van der Waals surface area contributed by atoms with E-state index in [0.29, 0.717) is 34.1 Å². The molecule has 1 aromatic rings. The number of hydrogen-bond acceptors (Lipinski definition) is 5. The molecule has 0 aliphatic heterocycles. The maximum Gasteiger partial charge on any atom is 0.307 e. The van der Waals surface area contributed by atoms with E-state index >= 15 is 0 Å². The van der Waals surface area contributed by atoms with Gasteiger partial charge in [-0.2, -0.15) is 5.10 Å². The zero-order valence-electron chi connectivity index (χ0n) is 15.5. The van der Waals surface area contributed by atoms with Gasteiger partial charge in [-0.25, -0.2) is 4.68 Å². The Morgan fingerprint density at radius 1 is 1.52 bits per heavy atom. The first-order valence-corrected chi connectivity index (χ1v) is 9.70. The van der Waals surface area contributed by atoms with Gasteiger partial charge in [0.1, 0.15) is 4.47 Å². The summed E-state index contributed by atoms with van der Waals surface area (Å²) in [5.41, 5.74) is 0.857. The number of carbonyl (C=O) groups excluding carboxylic acids is 1. The van der Waals surface area contributed by atoms with Crippen molar-refractivity contribution in [1.82, 2.24) is 9.78 Å². The van der Waals surface area contributed by atoms with E-state index in [4.69, 9.17) is 4.74 Å². The molecule has 0 spiro atoms. The van der Waals surface area contributed by atoms with Crippen LogP contribution in [0.25, 0.3) is 0 Å². The van der Waals surface area contributed by atoms with Crippen molar-refractivity contribution in [3.05, 3.63) is 21.0 Å². The Kier molecular flexibility index (Phi) is 6.65. The minimum Gasteiger partial charge on any atom is -0.466 e. The van der Waals surface area contributed by atoms with Gasteiger partial charge in [0.25, 0.3) is 5.56 Å². The van der Waals surface area contributed by atoms with Gasteiger partial charge in [-0.1, -0.05) is 20.8 Å². The number of hydrogen-bond donors (Lipinski definition) is 1. The summed E-state index contributed by atoms with van der Waals surface area (Å²) in [5.74, 6) is 0.204. The molecule has 1 saturated carbocycles. The summed E-state index contributed by atoms with van der Waals surface area (Å²) < 4.78 is 6.63. The van der Waals surface area contributed by atoms with Crippen LogP contribution in [0, 0.1) is 11.3 Å². The summed E-state index contributed by atoms with van der Waals surface area (Å²) >= 11 is 3.39. The van der Waals surface area contributed by atoms with E-state index in [0.717, 1.165) is 19.3 Å². The van der Waals surface area contributed by atoms with Crippen LogP contribution in [0.2, 0.25) is 0 Å². The van der Waals surface area contributed by atoms with E-state index < -0.39 is 0 Å². The topological polar surface area (TPSA) is 73.2 Å². The van der Waals surface area contributed by atoms with Gasteiger partial charge >= 0.3 is 5.97 Å². The van der Waals surface area contributed by atoms with Crippen molar-refractivity contribution in [2.75, 3.05) is 11.9 Å². The van der Waals surface area contributed by atoms with Crippen LogP contribution in [-0.4, -0.2) is 28.4 Å². The first-order chi connectivity index (χ1) is 11.7. The van der Waals surface area contributed by atoms with Crippen LogP contribution < -0.4 is 10.9 Å². The average Bonchev–Trinajstić information content (AvgIpc) is 2.53. The predicted molar refractivity (Wildman–Crippen MR) is 102 cm³/mol. The highest BCUT2D eigenvalue weighted by molar-refractivity contribution is 9.10. The number of ether oxygens (including phenoxy) is 1. The highest BCUT2D eigenvalue weighted by Crippen LogP contribution is 2.39. The largest absolute Gasteiger partial charge is 0.466 e. The van der Waals surface area contributed by atoms with Gasteiger partial charge in [0.2, 0.25) is 0 Å². The van der Waals surface area contributed by atoms with Crippen molar-refractivity contribution in [1.29, 1.82) is 0 Å². The van der Waals surface area contributed by atoms with Gasteiger partial charge in [-0.3, -0.25) is 9.59 Å². The summed E-state index contributed by atoms with van der Waals surface area (Å²) in [5, 5.41) is 7.67. The molecule has 0 aromatic carbocycles. The van der Waals surface area contributed by atoms with Gasteiger partial charge in [-0.15, -0.1) is 0 Å². The van der Waals surface area contributed by atoms with E-state index in [9.17, 15) is 9.59 Å². The van der Waals surface area contributed by atoms with E-state index in [-0.39, 0.29) is 24.5 Å². The molecule has 0 bridgehead atoms. The van der Waals surface area contributed by atoms with Crippen LogP contribution in [0.3, 0.4) is 0 Å². The van der Waals surface area contributed by atoms with E-state index in [1.165, 1.54) is 4.68 Å². The lowest BCUT2D eigenvalue weighted by molar-refractivity contribution is -0.143. The first kappa shape index (κ1) is 19.9. The highest BCUT2D eigenvalue weighted by Gasteiger charge is 2.32. The summed E-state index contributed by atoms with van der Waals surface area (Å²) in [7, 11) is 0. The predicted octanol–water partition coefficient (Wildman–Crippen LogP) is 3.59. The highest BCUT2D eigenvalue weighted by atomic mass is 79.9. The Morgan fingerprint density at radius 2 is 2.24 bits per heavy atom. The molecular weight excluding hydrogens is 386 g/mol.